The van der Waals surface area contributed by atoms with Crippen LogP contribution in [0.25, 0.3) is 0 Å². The summed E-state index contributed by atoms with van der Waals surface area (Å²) in [5, 5.41) is 0. The summed E-state index contributed by atoms with van der Waals surface area (Å²) in [6.45, 7) is 5.41. The molecule has 7 heteroatoms. The first-order valence-corrected chi connectivity index (χ1v) is 9.91. The molecule has 0 atom stereocenters. The molecule has 0 N–H and O–H groups in total. The zero-order chi connectivity index (χ0) is 17.7. The zero-order valence-corrected chi connectivity index (χ0v) is 15.4. The zero-order valence-electron chi connectivity index (χ0n) is 14.6. The molecule has 134 valence electrons. The maximum absolute atomic E-state index is 12.7. The maximum Gasteiger partial charge on any atom is 0.257 e. The van der Waals surface area contributed by atoms with Gasteiger partial charge in [0.2, 0.25) is 10.0 Å². The Bertz CT molecular complexity index is 680. The van der Waals surface area contributed by atoms with Crippen LogP contribution in [0.3, 0.4) is 0 Å². The Morgan fingerprint density at radius 2 is 1.88 bits per heavy atom. The number of methoxy groups -OCH3 is 1. The molecule has 6 nitrogen and oxygen atoms in total. The van der Waals surface area contributed by atoms with E-state index in [0.717, 1.165) is 12.0 Å². The predicted molar refractivity (Wildman–Crippen MR) is 93.9 cm³/mol. The maximum atomic E-state index is 12.7. The fourth-order valence-corrected chi connectivity index (χ4v) is 4.42. The van der Waals surface area contributed by atoms with E-state index in [4.69, 9.17) is 4.74 Å². The van der Waals surface area contributed by atoms with Gasteiger partial charge < -0.3 is 9.64 Å². The highest BCUT2D eigenvalue weighted by atomic mass is 32.2. The van der Waals surface area contributed by atoms with Gasteiger partial charge in [0.25, 0.3) is 5.91 Å². The molecule has 2 rings (SSSR count). The molecule has 0 bridgehead atoms. The SMILES string of the molecule is CCCCS(=O)(=O)N1CCN(C(=O)c2cc(C)ccc2OC)CC1. The summed E-state index contributed by atoms with van der Waals surface area (Å²) in [5.74, 6) is 0.619. The van der Waals surface area contributed by atoms with Gasteiger partial charge in [-0.15, -0.1) is 0 Å². The summed E-state index contributed by atoms with van der Waals surface area (Å²) in [6, 6.07) is 5.49. The Morgan fingerprint density at radius 1 is 1.21 bits per heavy atom. The van der Waals surface area contributed by atoms with Crippen molar-refractivity contribution in [2.45, 2.75) is 26.7 Å². The first kappa shape index (κ1) is 18.7. The summed E-state index contributed by atoms with van der Waals surface area (Å²) in [7, 11) is -1.67. The van der Waals surface area contributed by atoms with Crippen LogP contribution in [0, 0.1) is 6.92 Å². The van der Waals surface area contributed by atoms with Gasteiger partial charge in [0.1, 0.15) is 5.75 Å². The third-order valence-corrected chi connectivity index (χ3v) is 6.22. The number of hydrogen-bond donors (Lipinski definition) is 0. The minimum absolute atomic E-state index is 0.110. The summed E-state index contributed by atoms with van der Waals surface area (Å²) in [5.41, 5.74) is 1.51. The first-order chi connectivity index (χ1) is 11.4. The lowest BCUT2D eigenvalue weighted by Gasteiger charge is -2.34. The Hall–Kier alpha value is -1.60. The molecule has 24 heavy (non-hydrogen) atoms. The Kier molecular flexibility index (Phi) is 6.23. The van der Waals surface area contributed by atoms with Gasteiger partial charge in [-0.05, 0) is 25.5 Å². The third-order valence-electron chi connectivity index (χ3n) is 4.26. The van der Waals surface area contributed by atoms with Gasteiger partial charge in [0, 0.05) is 26.2 Å². The van der Waals surface area contributed by atoms with Gasteiger partial charge in [-0.2, -0.15) is 4.31 Å². The standard InChI is InChI=1S/C17H26N2O4S/c1-4-5-12-24(21,22)19-10-8-18(9-11-19)17(20)15-13-14(2)6-7-16(15)23-3/h6-7,13H,4-5,8-12H2,1-3H3. The highest BCUT2D eigenvalue weighted by Crippen LogP contribution is 2.22. The molecule has 1 saturated heterocycles. The van der Waals surface area contributed by atoms with E-state index < -0.39 is 10.0 Å². The second kappa shape index (κ2) is 7.98. The number of piperazine rings is 1. The van der Waals surface area contributed by atoms with E-state index in [1.807, 2.05) is 26.0 Å². The summed E-state index contributed by atoms with van der Waals surface area (Å²) in [4.78, 5) is 14.4. The van der Waals surface area contributed by atoms with Gasteiger partial charge in [0.15, 0.2) is 0 Å². The molecular weight excluding hydrogens is 328 g/mol. The van der Waals surface area contributed by atoms with Crippen LogP contribution in [0.2, 0.25) is 0 Å². The van der Waals surface area contributed by atoms with Crippen LogP contribution < -0.4 is 4.74 Å². The smallest absolute Gasteiger partial charge is 0.257 e. The van der Waals surface area contributed by atoms with Crippen LogP contribution in [-0.4, -0.2) is 62.6 Å². The van der Waals surface area contributed by atoms with Crippen LogP contribution in [0.4, 0.5) is 0 Å². The fraction of sp³-hybridized carbons (Fsp3) is 0.588. The predicted octanol–water partition coefficient (Wildman–Crippen LogP) is 1.89. The normalized spacial score (nSPS) is 16.2. The molecule has 1 fully saturated rings. The van der Waals surface area contributed by atoms with Crippen molar-refractivity contribution >= 4 is 15.9 Å². The van der Waals surface area contributed by atoms with Gasteiger partial charge >= 0.3 is 0 Å². The highest BCUT2D eigenvalue weighted by Gasteiger charge is 2.29. The molecule has 0 saturated carbocycles. The van der Waals surface area contributed by atoms with Crippen LogP contribution in [0.1, 0.15) is 35.7 Å². The average Bonchev–Trinajstić information content (AvgIpc) is 2.59. The minimum atomic E-state index is -3.21. The van der Waals surface area contributed by atoms with Crippen LogP contribution in [0.15, 0.2) is 18.2 Å². The quantitative estimate of drug-likeness (QED) is 0.782. The van der Waals surface area contributed by atoms with Crippen LogP contribution in [-0.2, 0) is 10.0 Å². The van der Waals surface area contributed by atoms with E-state index in [0.29, 0.717) is 43.9 Å². The van der Waals surface area contributed by atoms with Crippen molar-refractivity contribution in [1.82, 2.24) is 9.21 Å². The number of hydrogen-bond acceptors (Lipinski definition) is 4. The van der Waals surface area contributed by atoms with E-state index in [1.54, 1.807) is 18.1 Å². The van der Waals surface area contributed by atoms with E-state index >= 15 is 0 Å². The minimum Gasteiger partial charge on any atom is -0.496 e. The van der Waals surface area contributed by atoms with Gasteiger partial charge in [-0.3, -0.25) is 4.79 Å². The Labute approximate surface area is 144 Å². The molecule has 1 aliphatic heterocycles. The molecule has 1 aliphatic rings. The topological polar surface area (TPSA) is 66.9 Å². The molecule has 1 amide bonds. The Morgan fingerprint density at radius 3 is 2.46 bits per heavy atom. The number of sulfonamides is 1. The number of carbonyl (C=O) groups excluding carboxylic acids is 1. The van der Waals surface area contributed by atoms with Crippen LogP contribution >= 0.6 is 0 Å². The molecule has 1 heterocycles. The molecule has 0 aromatic heterocycles. The van der Waals surface area contributed by atoms with Gasteiger partial charge in [-0.25, -0.2) is 8.42 Å². The summed E-state index contributed by atoms with van der Waals surface area (Å²) >= 11 is 0. The summed E-state index contributed by atoms with van der Waals surface area (Å²) < 4.78 is 31.3. The van der Waals surface area contributed by atoms with E-state index in [-0.39, 0.29) is 11.7 Å². The lowest BCUT2D eigenvalue weighted by molar-refractivity contribution is 0.0694. The second-order valence-electron chi connectivity index (χ2n) is 6.06. The monoisotopic (exact) mass is 354 g/mol. The molecular formula is C17H26N2O4S. The number of amides is 1. The van der Waals surface area contributed by atoms with Crippen molar-refractivity contribution in [1.29, 1.82) is 0 Å². The number of carbonyl (C=O) groups is 1. The Balaban J connectivity index is 2.05. The van der Waals surface area contributed by atoms with Gasteiger partial charge in [0.05, 0.1) is 18.4 Å². The lowest BCUT2D eigenvalue weighted by atomic mass is 10.1. The van der Waals surface area contributed by atoms with Crippen molar-refractivity contribution in [2.24, 2.45) is 0 Å². The van der Waals surface area contributed by atoms with Crippen molar-refractivity contribution in [3.8, 4) is 5.75 Å². The van der Waals surface area contributed by atoms with Crippen molar-refractivity contribution < 1.29 is 17.9 Å². The van der Waals surface area contributed by atoms with Crippen molar-refractivity contribution in [3.63, 3.8) is 0 Å². The first-order valence-electron chi connectivity index (χ1n) is 8.30. The highest BCUT2D eigenvalue weighted by molar-refractivity contribution is 7.89. The average molecular weight is 354 g/mol. The van der Waals surface area contributed by atoms with Crippen molar-refractivity contribution in [2.75, 3.05) is 39.0 Å². The molecule has 0 aliphatic carbocycles. The van der Waals surface area contributed by atoms with E-state index in [1.165, 1.54) is 4.31 Å². The number of ether oxygens (including phenoxy) is 1. The second-order valence-corrected chi connectivity index (χ2v) is 8.15. The molecule has 0 radical (unpaired) electrons. The third kappa shape index (κ3) is 4.27. The fourth-order valence-electron chi connectivity index (χ4n) is 2.78. The molecule has 1 aromatic rings. The molecule has 1 aromatic carbocycles. The lowest BCUT2D eigenvalue weighted by Crippen LogP contribution is -2.51. The van der Waals surface area contributed by atoms with E-state index in [9.17, 15) is 13.2 Å². The number of nitrogens with zero attached hydrogens (tertiary/aromatic N) is 2. The number of unbranched alkanes of at least 4 members (excludes halogenated alkanes) is 1. The van der Waals surface area contributed by atoms with Crippen LogP contribution in [0.5, 0.6) is 5.75 Å². The summed E-state index contributed by atoms with van der Waals surface area (Å²) in [6.07, 6.45) is 1.52. The van der Waals surface area contributed by atoms with E-state index in [2.05, 4.69) is 0 Å². The molecule has 0 spiro atoms. The number of aryl methyl sites for hydroxylation is 1. The number of benzene rings is 1. The molecule has 0 unspecified atom stereocenters. The largest absolute Gasteiger partial charge is 0.496 e. The van der Waals surface area contributed by atoms with Crippen molar-refractivity contribution in [3.05, 3.63) is 29.3 Å². The number of rotatable bonds is 6. The van der Waals surface area contributed by atoms with Gasteiger partial charge in [-0.1, -0.05) is 25.0 Å².